The molecule has 0 aromatic heterocycles. The molecule has 0 aliphatic heterocycles. The first-order valence-electron chi connectivity index (χ1n) is 7.50. The van der Waals surface area contributed by atoms with Crippen molar-refractivity contribution in [1.82, 2.24) is 0 Å². The van der Waals surface area contributed by atoms with Crippen molar-refractivity contribution in [3.05, 3.63) is 78.4 Å². The Labute approximate surface area is 133 Å². The smallest absolute Gasteiger partial charge is 0.198 e. The Morgan fingerprint density at radius 2 is 1.64 bits per heavy atom. The van der Waals surface area contributed by atoms with Crippen molar-refractivity contribution in [3.63, 3.8) is 0 Å². The fourth-order valence-corrected chi connectivity index (χ4v) is 2.86. The number of benzene rings is 1. The van der Waals surface area contributed by atoms with Crippen LogP contribution in [0.4, 0.5) is 0 Å². The molecule has 1 aliphatic rings. The van der Waals surface area contributed by atoms with Gasteiger partial charge in [-0.05, 0) is 24.0 Å². The average molecular weight is 296 g/mol. The second kappa shape index (κ2) is 7.39. The minimum atomic E-state index is -0.729. The third kappa shape index (κ3) is 3.29. The standard InChI is InChI=1S/C20H24O2/c1-5-7-16-9-12-18(13-10-16)19-14-11-17(8-6-2)15-20(19,21-3)22-4/h5-6,9-14H,1-2,7-8,15H2,3-4H3. The van der Waals surface area contributed by atoms with Crippen molar-refractivity contribution < 1.29 is 9.47 Å². The molecule has 1 aliphatic carbocycles. The summed E-state index contributed by atoms with van der Waals surface area (Å²) in [5.41, 5.74) is 4.67. The van der Waals surface area contributed by atoms with Crippen LogP contribution in [0, 0.1) is 0 Å². The predicted octanol–water partition coefficient (Wildman–Crippen LogP) is 4.69. The van der Waals surface area contributed by atoms with Gasteiger partial charge in [-0.3, -0.25) is 0 Å². The molecule has 0 radical (unpaired) electrons. The first-order chi connectivity index (χ1) is 10.7. The number of allylic oxidation sites excluding steroid dienone is 4. The number of hydrogen-bond acceptors (Lipinski definition) is 2. The lowest BCUT2D eigenvalue weighted by Crippen LogP contribution is -2.37. The number of rotatable bonds is 7. The molecule has 0 bridgehead atoms. The van der Waals surface area contributed by atoms with E-state index in [-0.39, 0.29) is 0 Å². The molecule has 116 valence electrons. The molecule has 0 unspecified atom stereocenters. The monoisotopic (exact) mass is 296 g/mol. The quantitative estimate of drug-likeness (QED) is 0.536. The Bertz CT molecular complexity index is 587. The summed E-state index contributed by atoms with van der Waals surface area (Å²) >= 11 is 0. The van der Waals surface area contributed by atoms with E-state index in [0.717, 1.165) is 24.0 Å². The lowest BCUT2D eigenvalue weighted by Gasteiger charge is -2.36. The number of methoxy groups -OCH3 is 2. The molecule has 22 heavy (non-hydrogen) atoms. The average Bonchev–Trinajstić information content (AvgIpc) is 2.56. The van der Waals surface area contributed by atoms with E-state index in [1.54, 1.807) is 14.2 Å². The van der Waals surface area contributed by atoms with E-state index in [9.17, 15) is 0 Å². The maximum Gasteiger partial charge on any atom is 0.198 e. The van der Waals surface area contributed by atoms with Crippen LogP contribution < -0.4 is 0 Å². The second-order valence-corrected chi connectivity index (χ2v) is 5.43. The van der Waals surface area contributed by atoms with Crippen molar-refractivity contribution in [1.29, 1.82) is 0 Å². The maximum absolute atomic E-state index is 5.77. The SMILES string of the molecule is C=CCC1=CC=C(c2ccc(CC=C)cc2)C(OC)(OC)C1. The topological polar surface area (TPSA) is 18.5 Å². The van der Waals surface area contributed by atoms with E-state index in [0.29, 0.717) is 6.42 Å². The highest BCUT2D eigenvalue weighted by Crippen LogP contribution is 2.40. The van der Waals surface area contributed by atoms with Gasteiger partial charge in [0.1, 0.15) is 0 Å². The van der Waals surface area contributed by atoms with Crippen LogP contribution in [0.15, 0.2) is 67.3 Å². The fraction of sp³-hybridized carbons (Fsp3) is 0.300. The highest BCUT2D eigenvalue weighted by molar-refractivity contribution is 5.74. The molecule has 2 heteroatoms. The molecule has 0 saturated heterocycles. The lowest BCUT2D eigenvalue weighted by molar-refractivity contribution is -0.160. The van der Waals surface area contributed by atoms with Gasteiger partial charge in [0.05, 0.1) is 0 Å². The van der Waals surface area contributed by atoms with Crippen LogP contribution in [-0.4, -0.2) is 20.0 Å². The number of hydrogen-bond donors (Lipinski definition) is 0. The van der Waals surface area contributed by atoms with Gasteiger partial charge in [0, 0.05) is 26.2 Å². The molecule has 0 atom stereocenters. The molecule has 2 rings (SSSR count). The normalized spacial score (nSPS) is 16.6. The summed E-state index contributed by atoms with van der Waals surface area (Å²) in [5, 5.41) is 0. The summed E-state index contributed by atoms with van der Waals surface area (Å²) in [6.45, 7) is 7.58. The van der Waals surface area contributed by atoms with Gasteiger partial charge < -0.3 is 9.47 Å². The van der Waals surface area contributed by atoms with Crippen LogP contribution >= 0.6 is 0 Å². The van der Waals surface area contributed by atoms with Crippen LogP contribution in [0.5, 0.6) is 0 Å². The summed E-state index contributed by atoms with van der Waals surface area (Å²) in [6, 6.07) is 8.47. The Morgan fingerprint density at radius 1 is 1.00 bits per heavy atom. The molecule has 0 saturated carbocycles. The van der Waals surface area contributed by atoms with Crippen molar-refractivity contribution in [2.75, 3.05) is 14.2 Å². The van der Waals surface area contributed by atoms with Crippen LogP contribution in [0.3, 0.4) is 0 Å². The molecule has 1 aromatic rings. The minimum absolute atomic E-state index is 0.715. The first kappa shape index (κ1) is 16.5. The van der Waals surface area contributed by atoms with Gasteiger partial charge in [-0.25, -0.2) is 0 Å². The molecule has 0 fully saturated rings. The third-order valence-electron chi connectivity index (χ3n) is 4.07. The molecule has 0 N–H and O–H groups in total. The second-order valence-electron chi connectivity index (χ2n) is 5.43. The van der Waals surface area contributed by atoms with E-state index >= 15 is 0 Å². The van der Waals surface area contributed by atoms with E-state index < -0.39 is 5.79 Å². The third-order valence-corrected chi connectivity index (χ3v) is 4.07. The van der Waals surface area contributed by atoms with Crippen LogP contribution in [0.2, 0.25) is 0 Å². The molecule has 0 heterocycles. The van der Waals surface area contributed by atoms with Crippen molar-refractivity contribution in [2.45, 2.75) is 25.0 Å². The van der Waals surface area contributed by atoms with E-state index in [1.165, 1.54) is 11.1 Å². The van der Waals surface area contributed by atoms with Gasteiger partial charge in [-0.1, -0.05) is 54.1 Å². The summed E-state index contributed by atoms with van der Waals surface area (Å²) < 4.78 is 11.5. The summed E-state index contributed by atoms with van der Waals surface area (Å²) in [4.78, 5) is 0. The molecular formula is C20H24O2. The van der Waals surface area contributed by atoms with Crippen molar-refractivity contribution in [3.8, 4) is 0 Å². The van der Waals surface area contributed by atoms with Gasteiger partial charge in [-0.2, -0.15) is 0 Å². The summed E-state index contributed by atoms with van der Waals surface area (Å²) in [6.07, 6.45) is 10.5. The van der Waals surface area contributed by atoms with Gasteiger partial charge in [0.25, 0.3) is 0 Å². The van der Waals surface area contributed by atoms with Crippen molar-refractivity contribution in [2.24, 2.45) is 0 Å². The highest BCUT2D eigenvalue weighted by Gasteiger charge is 2.37. The van der Waals surface area contributed by atoms with E-state index in [4.69, 9.17) is 9.47 Å². The zero-order chi connectivity index (χ0) is 16.0. The molecule has 1 aromatic carbocycles. The Balaban J connectivity index is 2.39. The molecular weight excluding hydrogens is 272 g/mol. The summed E-state index contributed by atoms with van der Waals surface area (Å²) in [5.74, 6) is -0.729. The number of ether oxygens (including phenoxy) is 2. The maximum atomic E-state index is 5.77. The van der Waals surface area contributed by atoms with Gasteiger partial charge >= 0.3 is 0 Å². The Hall–Kier alpha value is -1.90. The predicted molar refractivity (Wildman–Crippen MR) is 92.6 cm³/mol. The largest absolute Gasteiger partial charge is 0.349 e. The van der Waals surface area contributed by atoms with Crippen molar-refractivity contribution >= 4 is 5.57 Å². The lowest BCUT2D eigenvalue weighted by atomic mass is 9.86. The van der Waals surface area contributed by atoms with Gasteiger partial charge in [0.15, 0.2) is 5.79 Å². The van der Waals surface area contributed by atoms with Gasteiger partial charge in [0.2, 0.25) is 0 Å². The summed E-state index contributed by atoms with van der Waals surface area (Å²) in [7, 11) is 3.39. The molecule has 0 amide bonds. The highest BCUT2D eigenvalue weighted by atomic mass is 16.7. The van der Waals surface area contributed by atoms with E-state index in [1.807, 2.05) is 12.2 Å². The van der Waals surface area contributed by atoms with Crippen LogP contribution in [-0.2, 0) is 15.9 Å². The first-order valence-corrected chi connectivity index (χ1v) is 7.50. The van der Waals surface area contributed by atoms with E-state index in [2.05, 4.69) is 49.6 Å². The minimum Gasteiger partial charge on any atom is -0.349 e. The zero-order valence-corrected chi connectivity index (χ0v) is 13.5. The van der Waals surface area contributed by atoms with Crippen LogP contribution in [0.25, 0.3) is 5.57 Å². The zero-order valence-electron chi connectivity index (χ0n) is 13.5. The van der Waals surface area contributed by atoms with Gasteiger partial charge in [-0.15, -0.1) is 13.2 Å². The van der Waals surface area contributed by atoms with Crippen LogP contribution in [0.1, 0.15) is 24.0 Å². The Morgan fingerprint density at radius 3 is 2.18 bits per heavy atom. The fourth-order valence-electron chi connectivity index (χ4n) is 2.86. The molecule has 0 spiro atoms. The molecule has 2 nitrogen and oxygen atoms in total. The Kier molecular flexibility index (Phi) is 5.53.